The number of sulfonamides is 1. The standard InChI is InChI=1S/C23H26F3N3O4S2/c1-2-32-9-3-6-29-21-5-4-18(35(30,31)28-7-10-33-11-8-28)14-20(21)27-23(29)34-15-16-12-17(24)13-19(25)22(16)26/h4-5,12-14H,2-3,6-11,15H2,1H3. The van der Waals surface area contributed by atoms with Gasteiger partial charge in [-0.3, -0.25) is 0 Å². The number of fused-ring (bicyclic) bond motifs is 1. The molecule has 7 nitrogen and oxygen atoms in total. The molecule has 0 amide bonds. The van der Waals surface area contributed by atoms with Crippen molar-refractivity contribution in [1.29, 1.82) is 0 Å². The third kappa shape index (κ3) is 5.83. The van der Waals surface area contributed by atoms with E-state index >= 15 is 0 Å². The molecule has 2 aromatic carbocycles. The Balaban J connectivity index is 1.65. The molecule has 35 heavy (non-hydrogen) atoms. The molecular formula is C23H26F3N3O4S2. The van der Waals surface area contributed by atoms with Crippen molar-refractivity contribution >= 4 is 32.8 Å². The highest BCUT2D eigenvalue weighted by Crippen LogP contribution is 2.30. The van der Waals surface area contributed by atoms with E-state index in [0.717, 1.165) is 17.8 Å². The number of ether oxygens (including phenoxy) is 2. The van der Waals surface area contributed by atoms with Gasteiger partial charge >= 0.3 is 0 Å². The Morgan fingerprint density at radius 2 is 1.91 bits per heavy atom. The lowest BCUT2D eigenvalue weighted by atomic mass is 10.2. The van der Waals surface area contributed by atoms with Crippen LogP contribution >= 0.6 is 11.8 Å². The van der Waals surface area contributed by atoms with Crippen molar-refractivity contribution in [1.82, 2.24) is 13.9 Å². The molecule has 1 aliphatic heterocycles. The fraction of sp³-hybridized carbons (Fsp3) is 0.435. The van der Waals surface area contributed by atoms with Crippen LogP contribution in [0.5, 0.6) is 0 Å². The third-order valence-corrected chi connectivity index (χ3v) is 8.51. The van der Waals surface area contributed by atoms with E-state index in [-0.39, 0.29) is 29.3 Å². The van der Waals surface area contributed by atoms with Gasteiger partial charge in [0, 0.05) is 50.2 Å². The zero-order chi connectivity index (χ0) is 25.0. The van der Waals surface area contributed by atoms with Gasteiger partial charge in [0.25, 0.3) is 0 Å². The molecule has 3 aromatic rings. The fourth-order valence-electron chi connectivity index (χ4n) is 3.84. The van der Waals surface area contributed by atoms with Gasteiger partial charge in [-0.2, -0.15) is 4.31 Å². The Labute approximate surface area is 206 Å². The van der Waals surface area contributed by atoms with Gasteiger partial charge in [0.15, 0.2) is 16.8 Å². The van der Waals surface area contributed by atoms with Crippen molar-refractivity contribution < 1.29 is 31.1 Å². The van der Waals surface area contributed by atoms with Crippen LogP contribution in [0.1, 0.15) is 18.9 Å². The number of thioether (sulfide) groups is 1. The van der Waals surface area contributed by atoms with Crippen LogP contribution in [-0.2, 0) is 31.8 Å². The monoisotopic (exact) mass is 529 g/mol. The van der Waals surface area contributed by atoms with Crippen molar-refractivity contribution in [2.45, 2.75) is 35.7 Å². The number of aromatic nitrogens is 2. The average molecular weight is 530 g/mol. The highest BCUT2D eigenvalue weighted by atomic mass is 32.2. The first-order chi connectivity index (χ1) is 16.8. The quantitative estimate of drug-likeness (QED) is 0.223. The molecule has 0 unspecified atom stereocenters. The largest absolute Gasteiger partial charge is 0.382 e. The topological polar surface area (TPSA) is 73.7 Å². The van der Waals surface area contributed by atoms with Crippen LogP contribution in [0.25, 0.3) is 11.0 Å². The van der Waals surface area contributed by atoms with E-state index in [1.165, 1.54) is 10.4 Å². The van der Waals surface area contributed by atoms with E-state index in [4.69, 9.17) is 9.47 Å². The molecule has 1 saturated heterocycles. The highest BCUT2D eigenvalue weighted by Gasteiger charge is 2.27. The summed E-state index contributed by atoms with van der Waals surface area (Å²) in [6.45, 7) is 4.77. The van der Waals surface area contributed by atoms with Gasteiger partial charge in [-0.1, -0.05) is 11.8 Å². The Morgan fingerprint density at radius 1 is 1.14 bits per heavy atom. The summed E-state index contributed by atoms with van der Waals surface area (Å²) in [6.07, 6.45) is 0.670. The molecule has 0 saturated carbocycles. The Morgan fingerprint density at radius 3 is 2.66 bits per heavy atom. The van der Waals surface area contributed by atoms with Gasteiger partial charge in [0.1, 0.15) is 5.82 Å². The Hall–Kier alpha value is -2.12. The van der Waals surface area contributed by atoms with Crippen LogP contribution in [0, 0.1) is 17.5 Å². The summed E-state index contributed by atoms with van der Waals surface area (Å²) in [4.78, 5) is 4.71. The second-order valence-corrected chi connectivity index (χ2v) is 10.8. The molecule has 1 fully saturated rings. The lowest BCUT2D eigenvalue weighted by Crippen LogP contribution is -2.40. The van der Waals surface area contributed by atoms with E-state index in [1.807, 2.05) is 11.5 Å². The fourth-order valence-corrected chi connectivity index (χ4v) is 6.27. The normalized spacial score (nSPS) is 15.2. The molecular weight excluding hydrogens is 503 g/mol. The van der Waals surface area contributed by atoms with Gasteiger partial charge in [0.05, 0.1) is 29.1 Å². The van der Waals surface area contributed by atoms with Crippen LogP contribution in [0.3, 0.4) is 0 Å². The first kappa shape index (κ1) is 26.0. The first-order valence-corrected chi connectivity index (χ1v) is 13.7. The summed E-state index contributed by atoms with van der Waals surface area (Å²) >= 11 is 1.12. The van der Waals surface area contributed by atoms with Crippen molar-refractivity contribution in [3.63, 3.8) is 0 Å². The number of imidazole rings is 1. The van der Waals surface area contributed by atoms with Gasteiger partial charge in [-0.25, -0.2) is 26.6 Å². The summed E-state index contributed by atoms with van der Waals surface area (Å²) in [5.74, 6) is -3.25. The van der Waals surface area contributed by atoms with Crippen LogP contribution in [0.4, 0.5) is 13.2 Å². The van der Waals surface area contributed by atoms with Gasteiger partial charge in [0.2, 0.25) is 10.0 Å². The van der Waals surface area contributed by atoms with Gasteiger partial charge < -0.3 is 14.0 Å². The number of morpholine rings is 1. The minimum absolute atomic E-state index is 0.0474. The molecule has 0 N–H and O–H groups in total. The second kappa shape index (κ2) is 11.3. The molecule has 0 bridgehead atoms. The molecule has 0 spiro atoms. The van der Waals surface area contributed by atoms with Crippen LogP contribution < -0.4 is 0 Å². The third-order valence-electron chi connectivity index (χ3n) is 5.59. The smallest absolute Gasteiger partial charge is 0.243 e. The average Bonchev–Trinajstić information content (AvgIpc) is 3.20. The minimum Gasteiger partial charge on any atom is -0.382 e. The van der Waals surface area contributed by atoms with Crippen LogP contribution in [0.15, 0.2) is 40.4 Å². The predicted octanol–water partition coefficient (Wildman–Crippen LogP) is 4.19. The summed E-state index contributed by atoms with van der Waals surface area (Å²) in [6, 6.07) is 6.22. The Kier molecular flexibility index (Phi) is 8.38. The molecule has 12 heteroatoms. The summed E-state index contributed by atoms with van der Waals surface area (Å²) < 4.78 is 81.5. The minimum atomic E-state index is -3.71. The highest BCUT2D eigenvalue weighted by molar-refractivity contribution is 7.98. The molecule has 2 heterocycles. The predicted molar refractivity (Wildman–Crippen MR) is 126 cm³/mol. The Bertz CT molecular complexity index is 1290. The van der Waals surface area contributed by atoms with E-state index in [2.05, 4.69) is 4.98 Å². The maximum absolute atomic E-state index is 14.2. The second-order valence-electron chi connectivity index (χ2n) is 7.91. The lowest BCUT2D eigenvalue weighted by molar-refractivity contribution is 0.0730. The zero-order valence-corrected chi connectivity index (χ0v) is 20.8. The summed E-state index contributed by atoms with van der Waals surface area (Å²) in [5.41, 5.74) is 1.05. The van der Waals surface area contributed by atoms with E-state index in [1.54, 1.807) is 12.1 Å². The van der Waals surface area contributed by atoms with Crippen molar-refractivity contribution in [2.24, 2.45) is 0 Å². The van der Waals surface area contributed by atoms with E-state index in [0.29, 0.717) is 61.6 Å². The molecule has 1 aromatic heterocycles. The van der Waals surface area contributed by atoms with Crippen LogP contribution in [0.2, 0.25) is 0 Å². The maximum atomic E-state index is 14.2. The number of hydrogen-bond donors (Lipinski definition) is 0. The molecule has 0 aliphatic carbocycles. The van der Waals surface area contributed by atoms with Crippen molar-refractivity contribution in [3.05, 3.63) is 53.3 Å². The number of nitrogens with zero attached hydrogens (tertiary/aromatic N) is 3. The summed E-state index contributed by atoms with van der Waals surface area (Å²) in [5, 5.41) is 0.487. The maximum Gasteiger partial charge on any atom is 0.243 e. The number of benzene rings is 2. The zero-order valence-electron chi connectivity index (χ0n) is 19.2. The van der Waals surface area contributed by atoms with E-state index in [9.17, 15) is 21.6 Å². The SMILES string of the molecule is CCOCCCn1c(SCc2cc(F)cc(F)c2F)nc2cc(S(=O)(=O)N3CCOCC3)ccc21. The first-order valence-electron chi connectivity index (χ1n) is 11.2. The molecule has 0 atom stereocenters. The molecule has 4 rings (SSSR count). The van der Waals surface area contributed by atoms with E-state index < -0.39 is 27.5 Å². The number of aryl methyl sites for hydroxylation is 1. The number of halogens is 3. The van der Waals surface area contributed by atoms with Crippen LogP contribution in [-0.4, -0.2) is 61.8 Å². The number of rotatable bonds is 10. The van der Waals surface area contributed by atoms with Gasteiger partial charge in [-0.15, -0.1) is 0 Å². The molecule has 190 valence electrons. The van der Waals surface area contributed by atoms with Crippen molar-refractivity contribution in [2.75, 3.05) is 39.5 Å². The number of hydrogen-bond acceptors (Lipinski definition) is 6. The van der Waals surface area contributed by atoms with Crippen molar-refractivity contribution in [3.8, 4) is 0 Å². The lowest BCUT2D eigenvalue weighted by Gasteiger charge is -2.26. The molecule has 0 radical (unpaired) electrons. The molecule has 1 aliphatic rings. The van der Waals surface area contributed by atoms with Gasteiger partial charge in [-0.05, 0) is 37.6 Å². The summed E-state index contributed by atoms with van der Waals surface area (Å²) in [7, 11) is -3.71.